The zero-order valence-electron chi connectivity index (χ0n) is 18.6. The second-order valence-electron chi connectivity index (χ2n) is 7.92. The summed E-state index contributed by atoms with van der Waals surface area (Å²) in [5, 5.41) is 9.69. The Bertz CT molecular complexity index is 846. The van der Waals surface area contributed by atoms with Crippen molar-refractivity contribution in [2.24, 2.45) is 4.99 Å². The van der Waals surface area contributed by atoms with Crippen molar-refractivity contribution >= 4 is 11.9 Å². The van der Waals surface area contributed by atoms with Crippen molar-refractivity contribution in [2.45, 2.75) is 51.1 Å². The van der Waals surface area contributed by atoms with Crippen LogP contribution < -0.4 is 20.7 Å². The lowest BCUT2D eigenvalue weighted by Gasteiger charge is -2.30. The number of ether oxygens (including phenoxy) is 1. The zero-order chi connectivity index (χ0) is 21.9. The van der Waals surface area contributed by atoms with Crippen LogP contribution in [0.1, 0.15) is 49.7 Å². The van der Waals surface area contributed by atoms with Gasteiger partial charge in [0, 0.05) is 26.2 Å². The number of carbonyl (C=O) groups excluding carboxylic acids is 1. The molecule has 1 amide bonds. The first-order valence-corrected chi connectivity index (χ1v) is 11.2. The van der Waals surface area contributed by atoms with Crippen LogP contribution in [0, 0.1) is 0 Å². The number of amides is 1. The highest BCUT2D eigenvalue weighted by atomic mass is 16.5. The molecule has 1 aliphatic rings. The fourth-order valence-electron chi connectivity index (χ4n) is 4.01. The van der Waals surface area contributed by atoms with Crippen molar-refractivity contribution in [3.05, 3.63) is 65.7 Å². The Kier molecular flexibility index (Phi) is 8.76. The van der Waals surface area contributed by atoms with Gasteiger partial charge in [0.05, 0.1) is 0 Å². The van der Waals surface area contributed by atoms with Gasteiger partial charge in [-0.25, -0.2) is 0 Å². The molecule has 0 unspecified atom stereocenters. The average molecular weight is 423 g/mol. The number of aliphatic imine (C=N–C) groups is 1. The fraction of sp³-hybridized carbons (Fsp3) is 0.440. The van der Waals surface area contributed by atoms with E-state index >= 15 is 0 Å². The first kappa shape index (κ1) is 22.7. The summed E-state index contributed by atoms with van der Waals surface area (Å²) in [6, 6.07) is 19.0. The van der Waals surface area contributed by atoms with E-state index in [2.05, 4.69) is 51.3 Å². The molecule has 166 valence electrons. The van der Waals surface area contributed by atoms with Gasteiger partial charge in [-0.3, -0.25) is 9.79 Å². The summed E-state index contributed by atoms with van der Waals surface area (Å²) in [6.07, 6.45) is 4.68. The molecule has 2 aromatic carbocycles. The van der Waals surface area contributed by atoms with Crippen molar-refractivity contribution in [3.8, 4) is 5.75 Å². The van der Waals surface area contributed by atoms with Crippen molar-refractivity contribution in [1.29, 1.82) is 0 Å². The second-order valence-corrected chi connectivity index (χ2v) is 7.92. The van der Waals surface area contributed by atoms with Gasteiger partial charge in [0.2, 0.25) is 0 Å². The van der Waals surface area contributed by atoms with Gasteiger partial charge in [-0.1, -0.05) is 42.5 Å². The number of nitrogens with zero attached hydrogens (tertiary/aromatic N) is 1. The summed E-state index contributed by atoms with van der Waals surface area (Å²) in [6.45, 7) is 3.16. The molecule has 6 heteroatoms. The molecular formula is C25H34N4O2. The van der Waals surface area contributed by atoms with Crippen LogP contribution in [0.4, 0.5) is 0 Å². The normalized spacial score (nSPS) is 18.8. The van der Waals surface area contributed by atoms with Crippen LogP contribution >= 0.6 is 0 Å². The first-order chi connectivity index (χ1) is 15.2. The summed E-state index contributed by atoms with van der Waals surface area (Å²) in [5.74, 6) is 2.05. The molecule has 0 aliphatic heterocycles. The molecule has 3 N–H and O–H groups in total. The number of guanidine groups is 1. The highest BCUT2D eigenvalue weighted by Crippen LogP contribution is 2.32. The number of likely N-dealkylation sites (N-methyl/N-ethyl adjacent to an activating group) is 1. The smallest absolute Gasteiger partial charge is 0.257 e. The van der Waals surface area contributed by atoms with Crippen LogP contribution in [0.15, 0.2) is 59.6 Å². The van der Waals surface area contributed by atoms with Gasteiger partial charge in [-0.05, 0) is 61.8 Å². The number of rotatable bonds is 8. The predicted molar refractivity (Wildman–Crippen MR) is 125 cm³/mol. The van der Waals surface area contributed by atoms with Crippen molar-refractivity contribution in [3.63, 3.8) is 0 Å². The molecule has 0 atom stereocenters. The van der Waals surface area contributed by atoms with E-state index in [1.807, 2.05) is 31.2 Å². The largest absolute Gasteiger partial charge is 0.484 e. The first-order valence-electron chi connectivity index (χ1n) is 11.2. The molecule has 0 heterocycles. The van der Waals surface area contributed by atoms with Gasteiger partial charge in [-0.15, -0.1) is 0 Å². The molecule has 6 nitrogen and oxygen atoms in total. The van der Waals surface area contributed by atoms with Crippen LogP contribution in [0.25, 0.3) is 0 Å². The zero-order valence-corrected chi connectivity index (χ0v) is 18.6. The van der Waals surface area contributed by atoms with Crippen LogP contribution in [0.5, 0.6) is 5.75 Å². The molecular weight excluding hydrogens is 388 g/mol. The summed E-state index contributed by atoms with van der Waals surface area (Å²) in [7, 11) is 1.80. The van der Waals surface area contributed by atoms with E-state index in [0.717, 1.165) is 24.4 Å². The van der Waals surface area contributed by atoms with Gasteiger partial charge in [-0.2, -0.15) is 0 Å². The number of hydrogen-bond donors (Lipinski definition) is 3. The summed E-state index contributed by atoms with van der Waals surface area (Å²) in [4.78, 5) is 16.0. The molecule has 0 saturated heterocycles. The highest BCUT2D eigenvalue weighted by molar-refractivity contribution is 5.80. The Labute approximate surface area is 185 Å². The number of nitrogens with one attached hydrogen (secondary N) is 3. The summed E-state index contributed by atoms with van der Waals surface area (Å²) >= 11 is 0. The van der Waals surface area contributed by atoms with E-state index in [1.54, 1.807) is 7.05 Å². The minimum atomic E-state index is -0.113. The quantitative estimate of drug-likeness (QED) is 0.449. The Hall–Kier alpha value is -3.02. The number of hydrogen-bond acceptors (Lipinski definition) is 3. The van der Waals surface area contributed by atoms with Gasteiger partial charge >= 0.3 is 0 Å². The maximum absolute atomic E-state index is 11.6. The van der Waals surface area contributed by atoms with E-state index in [1.165, 1.54) is 18.4 Å². The average Bonchev–Trinajstić information content (AvgIpc) is 2.82. The Morgan fingerprint density at radius 3 is 2.52 bits per heavy atom. The molecule has 0 bridgehead atoms. The van der Waals surface area contributed by atoms with Crippen LogP contribution in [-0.2, 0) is 11.3 Å². The third kappa shape index (κ3) is 7.31. The predicted octanol–water partition coefficient (Wildman–Crippen LogP) is 3.59. The van der Waals surface area contributed by atoms with E-state index in [9.17, 15) is 4.79 Å². The SMILES string of the molecule is CCNC(=O)COc1cccc(CNC(=NC)NC2CCC(c3ccccc3)CC2)c1. The number of benzene rings is 2. The van der Waals surface area contributed by atoms with E-state index < -0.39 is 0 Å². The maximum Gasteiger partial charge on any atom is 0.257 e. The highest BCUT2D eigenvalue weighted by Gasteiger charge is 2.22. The lowest BCUT2D eigenvalue weighted by Crippen LogP contribution is -2.44. The minimum absolute atomic E-state index is 0.0274. The van der Waals surface area contributed by atoms with Gasteiger partial charge in [0.1, 0.15) is 5.75 Å². The van der Waals surface area contributed by atoms with Crippen molar-refractivity contribution in [1.82, 2.24) is 16.0 Å². The monoisotopic (exact) mass is 422 g/mol. The second kappa shape index (κ2) is 12.0. The summed E-state index contributed by atoms with van der Waals surface area (Å²) < 4.78 is 5.58. The van der Waals surface area contributed by atoms with Crippen LogP contribution in [0.3, 0.4) is 0 Å². The molecule has 2 aromatic rings. The van der Waals surface area contributed by atoms with Gasteiger partial charge < -0.3 is 20.7 Å². The number of carbonyl (C=O) groups is 1. The molecule has 0 aromatic heterocycles. The van der Waals surface area contributed by atoms with Gasteiger partial charge in [0.25, 0.3) is 5.91 Å². The van der Waals surface area contributed by atoms with Crippen LogP contribution in [0.2, 0.25) is 0 Å². The Morgan fingerprint density at radius 1 is 1.03 bits per heavy atom. The molecule has 1 aliphatic carbocycles. The van der Waals surface area contributed by atoms with Crippen molar-refractivity contribution < 1.29 is 9.53 Å². The third-order valence-corrected chi connectivity index (χ3v) is 5.66. The molecule has 3 rings (SSSR count). The van der Waals surface area contributed by atoms with Gasteiger partial charge in [0.15, 0.2) is 12.6 Å². The van der Waals surface area contributed by atoms with E-state index in [-0.39, 0.29) is 12.5 Å². The van der Waals surface area contributed by atoms with Crippen LogP contribution in [-0.4, -0.2) is 38.1 Å². The third-order valence-electron chi connectivity index (χ3n) is 5.66. The molecule has 1 saturated carbocycles. The molecule has 0 radical (unpaired) electrons. The van der Waals surface area contributed by atoms with E-state index in [4.69, 9.17) is 4.74 Å². The lowest BCUT2D eigenvalue weighted by atomic mass is 9.82. The molecule has 31 heavy (non-hydrogen) atoms. The Balaban J connectivity index is 1.44. The Morgan fingerprint density at radius 2 is 1.81 bits per heavy atom. The van der Waals surface area contributed by atoms with E-state index in [0.29, 0.717) is 30.8 Å². The molecule has 0 spiro atoms. The lowest BCUT2D eigenvalue weighted by molar-refractivity contribution is -0.122. The fourth-order valence-corrected chi connectivity index (χ4v) is 4.01. The molecule has 1 fully saturated rings. The minimum Gasteiger partial charge on any atom is -0.484 e. The summed E-state index contributed by atoms with van der Waals surface area (Å²) in [5.41, 5.74) is 2.53. The maximum atomic E-state index is 11.6. The topological polar surface area (TPSA) is 74.8 Å². The standard InChI is InChI=1S/C25H34N4O2/c1-3-27-24(30)18-31-23-11-7-8-19(16-23)17-28-25(26-2)29-22-14-12-21(13-15-22)20-9-5-4-6-10-20/h4-11,16,21-22H,3,12-15,17-18H2,1-2H3,(H,27,30)(H2,26,28,29). The van der Waals surface area contributed by atoms with Crippen molar-refractivity contribution in [2.75, 3.05) is 20.2 Å².